The molecule has 0 bridgehead atoms. The molecule has 0 aromatic heterocycles. The Morgan fingerprint density at radius 1 is 0.778 bits per heavy atom. The van der Waals surface area contributed by atoms with Crippen LogP contribution in [0.4, 0.5) is 17.1 Å². The molecule has 0 aliphatic carbocycles. The van der Waals surface area contributed by atoms with E-state index in [2.05, 4.69) is 34.2 Å². The minimum atomic E-state index is -0.410. The first-order valence-corrected chi connectivity index (χ1v) is 8.70. The Kier molecular flexibility index (Phi) is 4.54. The van der Waals surface area contributed by atoms with Crippen LogP contribution in [0.15, 0.2) is 95.6 Å². The molecule has 3 aromatic rings. The topological polar surface area (TPSA) is 41.9 Å². The number of ether oxygens (including phenoxy) is 1. The Labute approximate surface area is 158 Å². The molecule has 27 heavy (non-hydrogen) atoms. The number of carbonyl (C=O) groups excluding carboxylic acids is 1. The summed E-state index contributed by atoms with van der Waals surface area (Å²) >= 11 is 0. The number of hydrogen-bond acceptors (Lipinski definition) is 4. The lowest BCUT2D eigenvalue weighted by atomic mass is 10.1. The van der Waals surface area contributed by atoms with Gasteiger partial charge in [-0.25, -0.2) is 9.79 Å². The average Bonchev–Trinajstić information content (AvgIpc) is 3.02. The third kappa shape index (κ3) is 3.65. The molecular weight excluding hydrogens is 336 g/mol. The van der Waals surface area contributed by atoms with Gasteiger partial charge in [0.1, 0.15) is 0 Å². The van der Waals surface area contributed by atoms with Crippen molar-refractivity contribution in [2.45, 2.75) is 6.92 Å². The molecule has 1 aliphatic heterocycles. The zero-order valence-corrected chi connectivity index (χ0v) is 14.9. The summed E-state index contributed by atoms with van der Waals surface area (Å²) in [6.45, 7) is 1.67. The highest BCUT2D eigenvalue weighted by Gasteiger charge is 2.19. The number of esters is 1. The monoisotopic (exact) mass is 354 g/mol. The molecular formula is C23H18N2O2. The second-order valence-electron chi connectivity index (χ2n) is 6.15. The van der Waals surface area contributed by atoms with Gasteiger partial charge >= 0.3 is 5.97 Å². The van der Waals surface area contributed by atoms with Crippen molar-refractivity contribution in [2.24, 2.45) is 4.99 Å². The maximum absolute atomic E-state index is 11.7. The highest BCUT2D eigenvalue weighted by Crippen LogP contribution is 2.34. The smallest absolute Gasteiger partial charge is 0.363 e. The van der Waals surface area contributed by atoms with Crippen LogP contribution in [0, 0.1) is 0 Å². The van der Waals surface area contributed by atoms with Gasteiger partial charge in [0.15, 0.2) is 11.6 Å². The van der Waals surface area contributed by atoms with Crippen molar-refractivity contribution < 1.29 is 9.53 Å². The lowest BCUT2D eigenvalue weighted by Gasteiger charge is -2.25. The quantitative estimate of drug-likeness (QED) is 0.461. The van der Waals surface area contributed by atoms with Gasteiger partial charge < -0.3 is 9.64 Å². The molecule has 0 N–H and O–H groups in total. The number of rotatable bonds is 4. The van der Waals surface area contributed by atoms with Gasteiger partial charge in [0.25, 0.3) is 0 Å². The predicted octanol–water partition coefficient (Wildman–Crippen LogP) is 5.47. The van der Waals surface area contributed by atoms with Crippen molar-refractivity contribution in [3.05, 3.63) is 96.2 Å². The standard InChI is InChI=1S/C23H18N2O2/c1-17-24-22(23(26)27-17)16-18-12-14-21(15-13-18)25(19-8-4-2-5-9-19)20-10-6-3-7-11-20/h2-16H,1H3. The highest BCUT2D eigenvalue weighted by molar-refractivity contribution is 6.06. The average molecular weight is 354 g/mol. The SMILES string of the molecule is CC1=NC(=Cc2ccc(N(c3ccccc3)c3ccccc3)cc2)C(=O)O1. The second-order valence-corrected chi connectivity index (χ2v) is 6.15. The molecule has 0 spiro atoms. The molecule has 1 aliphatic rings. The molecule has 4 heteroatoms. The number of cyclic esters (lactones) is 1. The fraction of sp³-hybridized carbons (Fsp3) is 0.0435. The predicted molar refractivity (Wildman–Crippen MR) is 108 cm³/mol. The minimum Gasteiger partial charge on any atom is -0.407 e. The van der Waals surface area contributed by atoms with E-state index in [1.165, 1.54) is 0 Å². The lowest BCUT2D eigenvalue weighted by Crippen LogP contribution is -2.09. The third-order valence-corrected chi connectivity index (χ3v) is 4.21. The first kappa shape index (κ1) is 16.8. The molecule has 1 heterocycles. The van der Waals surface area contributed by atoms with Gasteiger partial charge in [0, 0.05) is 24.0 Å². The van der Waals surface area contributed by atoms with Crippen LogP contribution in [0.1, 0.15) is 12.5 Å². The summed E-state index contributed by atoms with van der Waals surface area (Å²) in [6, 6.07) is 28.4. The van der Waals surface area contributed by atoms with E-state index < -0.39 is 5.97 Å². The number of carbonyl (C=O) groups is 1. The van der Waals surface area contributed by atoms with Gasteiger partial charge in [0.2, 0.25) is 0 Å². The molecule has 132 valence electrons. The lowest BCUT2D eigenvalue weighted by molar-refractivity contribution is -0.130. The number of anilines is 3. The number of aliphatic imine (C=N–C) groups is 1. The van der Waals surface area contributed by atoms with Crippen LogP contribution in [-0.2, 0) is 9.53 Å². The van der Waals surface area contributed by atoms with Crippen LogP contribution in [-0.4, -0.2) is 11.9 Å². The summed E-state index contributed by atoms with van der Waals surface area (Å²) in [6.07, 6.45) is 1.73. The summed E-state index contributed by atoms with van der Waals surface area (Å²) in [5, 5.41) is 0. The van der Waals surface area contributed by atoms with Gasteiger partial charge in [-0.15, -0.1) is 0 Å². The number of hydrogen-bond donors (Lipinski definition) is 0. The minimum absolute atomic E-state index is 0.322. The maximum atomic E-state index is 11.7. The summed E-state index contributed by atoms with van der Waals surface area (Å²) in [5.74, 6) is -0.0334. The van der Waals surface area contributed by atoms with Gasteiger partial charge in [-0.2, -0.15) is 0 Å². The Bertz CT molecular complexity index is 968. The van der Waals surface area contributed by atoms with Crippen molar-refractivity contribution >= 4 is 35.0 Å². The Morgan fingerprint density at radius 3 is 1.78 bits per heavy atom. The molecule has 3 aromatic carbocycles. The van der Waals surface area contributed by atoms with Crippen LogP contribution < -0.4 is 4.90 Å². The van der Waals surface area contributed by atoms with Crippen LogP contribution in [0.3, 0.4) is 0 Å². The van der Waals surface area contributed by atoms with E-state index in [1.807, 2.05) is 60.7 Å². The fourth-order valence-corrected chi connectivity index (χ4v) is 2.99. The zero-order chi connectivity index (χ0) is 18.6. The maximum Gasteiger partial charge on any atom is 0.363 e. The van der Waals surface area contributed by atoms with Crippen molar-refractivity contribution in [3.63, 3.8) is 0 Å². The zero-order valence-electron chi connectivity index (χ0n) is 14.9. The van der Waals surface area contributed by atoms with E-state index in [9.17, 15) is 4.79 Å². The van der Waals surface area contributed by atoms with E-state index in [0.29, 0.717) is 11.6 Å². The number of benzene rings is 3. The molecule has 4 nitrogen and oxygen atoms in total. The van der Waals surface area contributed by atoms with Crippen LogP contribution in [0.5, 0.6) is 0 Å². The third-order valence-electron chi connectivity index (χ3n) is 4.21. The van der Waals surface area contributed by atoms with Crippen molar-refractivity contribution in [1.82, 2.24) is 0 Å². The molecule has 0 atom stereocenters. The molecule has 0 unspecified atom stereocenters. The van der Waals surface area contributed by atoms with Crippen LogP contribution >= 0.6 is 0 Å². The van der Waals surface area contributed by atoms with Crippen LogP contribution in [0.25, 0.3) is 6.08 Å². The van der Waals surface area contributed by atoms with E-state index in [4.69, 9.17) is 4.74 Å². The van der Waals surface area contributed by atoms with Crippen molar-refractivity contribution in [3.8, 4) is 0 Å². The fourth-order valence-electron chi connectivity index (χ4n) is 2.99. The first-order chi connectivity index (χ1) is 13.2. The largest absolute Gasteiger partial charge is 0.407 e. The van der Waals surface area contributed by atoms with Gasteiger partial charge in [-0.05, 0) is 48.0 Å². The summed E-state index contributed by atoms with van der Waals surface area (Å²) in [4.78, 5) is 18.0. The Morgan fingerprint density at radius 2 is 1.30 bits per heavy atom. The van der Waals surface area contributed by atoms with Gasteiger partial charge in [0.05, 0.1) is 0 Å². The Balaban J connectivity index is 1.70. The Hall–Kier alpha value is -3.66. The molecule has 0 fully saturated rings. The van der Waals surface area contributed by atoms with E-state index in [1.54, 1.807) is 13.0 Å². The summed E-state index contributed by atoms with van der Waals surface area (Å²) in [7, 11) is 0. The van der Waals surface area contributed by atoms with Gasteiger partial charge in [-0.3, -0.25) is 0 Å². The molecule has 0 amide bonds. The highest BCUT2D eigenvalue weighted by atomic mass is 16.6. The van der Waals surface area contributed by atoms with E-state index in [-0.39, 0.29) is 0 Å². The summed E-state index contributed by atoms with van der Waals surface area (Å²) < 4.78 is 4.96. The van der Waals surface area contributed by atoms with Crippen molar-refractivity contribution in [2.75, 3.05) is 4.90 Å². The molecule has 0 radical (unpaired) electrons. The molecule has 0 saturated heterocycles. The normalized spacial score (nSPS) is 14.8. The second kappa shape index (κ2) is 7.30. The number of nitrogens with zero attached hydrogens (tertiary/aromatic N) is 2. The number of para-hydroxylation sites is 2. The first-order valence-electron chi connectivity index (χ1n) is 8.70. The van der Waals surface area contributed by atoms with Gasteiger partial charge in [-0.1, -0.05) is 48.5 Å². The molecule has 0 saturated carbocycles. The van der Waals surface area contributed by atoms with Crippen LogP contribution in [0.2, 0.25) is 0 Å². The molecule has 4 rings (SSSR count). The summed E-state index contributed by atoms with van der Waals surface area (Å²) in [5.41, 5.74) is 4.40. The van der Waals surface area contributed by atoms with E-state index >= 15 is 0 Å². The van der Waals surface area contributed by atoms with E-state index in [0.717, 1.165) is 22.6 Å². The van der Waals surface area contributed by atoms with Crippen molar-refractivity contribution in [1.29, 1.82) is 0 Å².